The summed E-state index contributed by atoms with van der Waals surface area (Å²) >= 11 is 0. The number of rotatable bonds is 2. The lowest BCUT2D eigenvalue weighted by molar-refractivity contribution is -0.117. The summed E-state index contributed by atoms with van der Waals surface area (Å²) in [5.41, 5.74) is 0.371. The van der Waals surface area contributed by atoms with Gasteiger partial charge in [-0.25, -0.2) is 9.78 Å². The van der Waals surface area contributed by atoms with Gasteiger partial charge in [0, 0.05) is 20.0 Å². The molecule has 1 aromatic rings. The summed E-state index contributed by atoms with van der Waals surface area (Å²) in [5.74, 6) is -0.123. The number of amides is 2. The van der Waals surface area contributed by atoms with Gasteiger partial charge in [-0.2, -0.15) is 5.26 Å². The second-order valence-electron chi connectivity index (χ2n) is 7.12. The summed E-state index contributed by atoms with van der Waals surface area (Å²) in [6.45, 7) is 8.01. The highest BCUT2D eigenvalue weighted by molar-refractivity contribution is 5.92. The maximum atomic E-state index is 12.3. The van der Waals surface area contributed by atoms with Crippen LogP contribution in [0.3, 0.4) is 0 Å². The molecule has 0 saturated carbocycles. The third-order valence-corrected chi connectivity index (χ3v) is 3.89. The number of ether oxygens (including phenoxy) is 1. The smallest absolute Gasteiger partial charge is 0.410 e. The molecule has 1 fully saturated rings. The van der Waals surface area contributed by atoms with Gasteiger partial charge in [0.2, 0.25) is 5.91 Å². The van der Waals surface area contributed by atoms with Gasteiger partial charge in [-0.05, 0) is 45.7 Å². The molecular weight excluding hydrogens is 320 g/mol. The van der Waals surface area contributed by atoms with Crippen molar-refractivity contribution in [3.63, 3.8) is 0 Å². The van der Waals surface area contributed by atoms with Crippen molar-refractivity contribution in [3.05, 3.63) is 24.0 Å². The van der Waals surface area contributed by atoms with Crippen molar-refractivity contribution in [1.82, 2.24) is 9.88 Å². The predicted octanol–water partition coefficient (Wildman–Crippen LogP) is 2.71. The zero-order valence-corrected chi connectivity index (χ0v) is 15.2. The first-order valence-corrected chi connectivity index (χ1v) is 8.35. The van der Waals surface area contributed by atoms with E-state index in [1.807, 2.05) is 26.8 Å². The largest absolute Gasteiger partial charge is 0.444 e. The summed E-state index contributed by atoms with van der Waals surface area (Å²) in [7, 11) is 0. The molecule has 0 bridgehead atoms. The van der Waals surface area contributed by atoms with Crippen molar-refractivity contribution in [1.29, 1.82) is 5.26 Å². The third kappa shape index (κ3) is 4.92. The van der Waals surface area contributed by atoms with E-state index >= 15 is 0 Å². The molecule has 0 radical (unpaired) electrons. The molecule has 1 aliphatic rings. The molecule has 25 heavy (non-hydrogen) atoms. The molecule has 0 N–H and O–H groups in total. The van der Waals surface area contributed by atoms with Crippen molar-refractivity contribution in [2.45, 2.75) is 52.2 Å². The number of aromatic nitrogens is 1. The second kappa shape index (κ2) is 7.51. The van der Waals surface area contributed by atoms with Crippen LogP contribution in [0.15, 0.2) is 18.3 Å². The molecule has 0 aliphatic carbocycles. The van der Waals surface area contributed by atoms with Crippen LogP contribution in [0, 0.1) is 11.3 Å². The Hall–Kier alpha value is -2.62. The number of nitrogens with zero attached hydrogens (tertiary/aromatic N) is 4. The molecule has 1 saturated heterocycles. The number of likely N-dealkylation sites (tertiary alicyclic amines) is 1. The zero-order chi connectivity index (χ0) is 18.6. The van der Waals surface area contributed by atoms with E-state index in [1.165, 1.54) is 13.1 Å². The summed E-state index contributed by atoms with van der Waals surface area (Å²) in [5, 5.41) is 8.86. The Labute approximate surface area is 148 Å². The molecule has 2 rings (SSSR count). The Morgan fingerprint density at radius 3 is 2.64 bits per heavy atom. The Kier molecular flexibility index (Phi) is 5.62. The van der Waals surface area contributed by atoms with Gasteiger partial charge in [0.15, 0.2) is 0 Å². The quantitative estimate of drug-likeness (QED) is 0.823. The first kappa shape index (κ1) is 18.7. The van der Waals surface area contributed by atoms with Crippen LogP contribution < -0.4 is 4.90 Å². The van der Waals surface area contributed by atoms with E-state index in [9.17, 15) is 9.59 Å². The molecule has 2 heterocycles. The average molecular weight is 344 g/mol. The molecule has 1 aromatic heterocycles. The second-order valence-corrected chi connectivity index (χ2v) is 7.12. The van der Waals surface area contributed by atoms with Gasteiger partial charge in [0.1, 0.15) is 17.4 Å². The zero-order valence-electron chi connectivity index (χ0n) is 15.2. The van der Waals surface area contributed by atoms with Crippen LogP contribution in [0.5, 0.6) is 0 Å². The number of hydrogen-bond donors (Lipinski definition) is 0. The minimum absolute atomic E-state index is 0.123. The highest BCUT2D eigenvalue weighted by Gasteiger charge is 2.32. The molecule has 7 heteroatoms. The number of carbonyl (C=O) groups is 2. The minimum atomic E-state index is -0.554. The molecule has 0 spiro atoms. The average Bonchev–Trinajstić information content (AvgIpc) is 2.54. The molecule has 1 atom stereocenters. The fraction of sp³-hybridized carbons (Fsp3) is 0.556. The molecule has 134 valence electrons. The molecule has 1 aliphatic heterocycles. The van der Waals surface area contributed by atoms with Crippen LogP contribution >= 0.6 is 0 Å². The monoisotopic (exact) mass is 344 g/mol. The number of carbonyl (C=O) groups excluding carboxylic acids is 2. The molecule has 2 amide bonds. The minimum Gasteiger partial charge on any atom is -0.444 e. The van der Waals surface area contributed by atoms with Crippen LogP contribution in [-0.2, 0) is 9.53 Å². The summed E-state index contributed by atoms with van der Waals surface area (Å²) in [6, 6.07) is 5.11. The Bertz CT molecular complexity index is 673. The van der Waals surface area contributed by atoms with Gasteiger partial charge in [0.05, 0.1) is 17.9 Å². The first-order valence-electron chi connectivity index (χ1n) is 8.35. The lowest BCUT2D eigenvalue weighted by Crippen LogP contribution is -2.52. The van der Waals surface area contributed by atoms with Crippen LogP contribution in [0.4, 0.5) is 10.5 Å². The van der Waals surface area contributed by atoms with Crippen LogP contribution in [-0.4, -0.2) is 46.6 Å². The molecule has 0 unspecified atom stereocenters. The Balaban J connectivity index is 2.16. The van der Waals surface area contributed by atoms with E-state index in [2.05, 4.69) is 4.98 Å². The number of anilines is 1. The number of nitriles is 1. The maximum absolute atomic E-state index is 12.3. The molecule has 7 nitrogen and oxygen atoms in total. The van der Waals surface area contributed by atoms with Gasteiger partial charge in [-0.15, -0.1) is 0 Å². The third-order valence-electron chi connectivity index (χ3n) is 3.89. The van der Waals surface area contributed by atoms with Crippen molar-refractivity contribution < 1.29 is 14.3 Å². The van der Waals surface area contributed by atoms with Crippen molar-refractivity contribution in [3.8, 4) is 6.07 Å². The summed E-state index contributed by atoms with van der Waals surface area (Å²) < 4.78 is 5.44. The van der Waals surface area contributed by atoms with E-state index in [0.717, 1.165) is 12.8 Å². The molecular formula is C18H24N4O3. The van der Waals surface area contributed by atoms with E-state index in [0.29, 0.717) is 24.5 Å². The normalized spacial score (nSPS) is 17.6. The lowest BCUT2D eigenvalue weighted by Gasteiger charge is -2.39. The lowest BCUT2D eigenvalue weighted by atomic mass is 10.0. The summed E-state index contributed by atoms with van der Waals surface area (Å²) in [6.07, 6.45) is 2.74. The van der Waals surface area contributed by atoms with Crippen LogP contribution in [0.25, 0.3) is 0 Å². The number of pyridine rings is 1. The SMILES string of the molecule is CC(=O)N(c1ccc(C#N)nc1)[C@@H]1CCCN(C(=O)OC(C)(C)C)C1. The predicted molar refractivity (Wildman–Crippen MR) is 92.9 cm³/mol. The van der Waals surface area contributed by atoms with Crippen LogP contribution in [0.1, 0.15) is 46.2 Å². The Morgan fingerprint density at radius 2 is 2.12 bits per heavy atom. The van der Waals surface area contributed by atoms with Crippen molar-refractivity contribution >= 4 is 17.7 Å². The van der Waals surface area contributed by atoms with Crippen LogP contribution in [0.2, 0.25) is 0 Å². The van der Waals surface area contributed by atoms with Crippen molar-refractivity contribution in [2.75, 3.05) is 18.0 Å². The van der Waals surface area contributed by atoms with Crippen molar-refractivity contribution in [2.24, 2.45) is 0 Å². The van der Waals surface area contributed by atoms with Gasteiger partial charge in [-0.3, -0.25) is 4.79 Å². The van der Waals surface area contributed by atoms with Gasteiger partial charge >= 0.3 is 6.09 Å². The highest BCUT2D eigenvalue weighted by Crippen LogP contribution is 2.24. The number of hydrogen-bond acceptors (Lipinski definition) is 5. The fourth-order valence-electron chi connectivity index (χ4n) is 2.90. The maximum Gasteiger partial charge on any atom is 0.410 e. The van der Waals surface area contributed by atoms with E-state index in [-0.39, 0.29) is 18.0 Å². The van der Waals surface area contributed by atoms with Gasteiger partial charge in [-0.1, -0.05) is 0 Å². The molecule has 0 aromatic carbocycles. The van der Waals surface area contributed by atoms with E-state index in [4.69, 9.17) is 10.00 Å². The fourth-order valence-corrected chi connectivity index (χ4v) is 2.90. The van der Waals surface area contributed by atoms with Gasteiger partial charge in [0.25, 0.3) is 0 Å². The van der Waals surface area contributed by atoms with E-state index < -0.39 is 5.60 Å². The first-order chi connectivity index (χ1) is 11.7. The number of piperidine rings is 1. The topological polar surface area (TPSA) is 86.5 Å². The summed E-state index contributed by atoms with van der Waals surface area (Å²) in [4.78, 5) is 31.9. The standard InChI is InChI=1S/C18H24N4O3/c1-13(23)22(15-8-7-14(10-19)20-11-15)16-6-5-9-21(12-16)17(24)25-18(2,3)4/h7-8,11,16H,5-6,9,12H2,1-4H3/t16-/m1/s1. The van der Waals surface area contributed by atoms with E-state index in [1.54, 1.807) is 21.9 Å². The Morgan fingerprint density at radius 1 is 1.40 bits per heavy atom. The van der Waals surface area contributed by atoms with Gasteiger partial charge < -0.3 is 14.5 Å². The highest BCUT2D eigenvalue weighted by atomic mass is 16.6.